The van der Waals surface area contributed by atoms with Crippen LogP contribution in [0.3, 0.4) is 0 Å². The number of rotatable bonds is 5. The van der Waals surface area contributed by atoms with Crippen molar-refractivity contribution in [3.8, 4) is 0 Å². The van der Waals surface area contributed by atoms with Crippen LogP contribution in [-0.4, -0.2) is 37.2 Å². The summed E-state index contributed by atoms with van der Waals surface area (Å²) >= 11 is 0. The summed E-state index contributed by atoms with van der Waals surface area (Å²) in [6, 6.07) is 5.20. The number of pyridine rings is 1. The molecule has 0 saturated heterocycles. The lowest BCUT2D eigenvalue weighted by atomic mass is 9.91. The van der Waals surface area contributed by atoms with Crippen molar-refractivity contribution in [3.05, 3.63) is 47.5 Å². The molecule has 0 atom stereocenters. The molecule has 0 spiro atoms. The molecule has 7 nitrogen and oxygen atoms in total. The van der Waals surface area contributed by atoms with E-state index in [1.165, 1.54) is 4.40 Å². The number of hydrogen-bond donors (Lipinski definition) is 2. The smallest absolute Gasteiger partial charge is 0.368 e. The molecule has 0 bridgehead atoms. The number of amides is 1. The van der Waals surface area contributed by atoms with Gasteiger partial charge in [0.05, 0.1) is 17.5 Å². The molecular weight excluding hydrogens is 421 g/mol. The van der Waals surface area contributed by atoms with Crippen LogP contribution in [0.1, 0.15) is 66.2 Å². The number of carbonyl (C=O) groups excluding carboxylic acids is 1. The molecule has 5 rings (SSSR count). The van der Waals surface area contributed by atoms with Gasteiger partial charge >= 0.3 is 6.18 Å². The third-order valence-corrected chi connectivity index (χ3v) is 6.39. The first-order valence-corrected chi connectivity index (χ1v) is 10.9. The fraction of sp³-hybridized carbons (Fsp3) is 0.500. The van der Waals surface area contributed by atoms with Gasteiger partial charge in [0.2, 0.25) is 0 Å². The van der Waals surface area contributed by atoms with Crippen molar-refractivity contribution in [2.75, 3.05) is 5.32 Å². The van der Waals surface area contributed by atoms with Crippen LogP contribution >= 0.6 is 0 Å². The second kappa shape index (κ2) is 7.83. The van der Waals surface area contributed by atoms with Crippen molar-refractivity contribution in [1.82, 2.24) is 24.5 Å². The molecule has 0 aliphatic heterocycles. The molecule has 3 heterocycles. The van der Waals surface area contributed by atoms with Crippen LogP contribution in [0.5, 0.6) is 0 Å². The Morgan fingerprint density at radius 1 is 1.09 bits per heavy atom. The maximum absolute atomic E-state index is 13.0. The number of aryl methyl sites for hydroxylation is 1. The van der Waals surface area contributed by atoms with Crippen LogP contribution in [0.15, 0.2) is 30.6 Å². The van der Waals surface area contributed by atoms with Crippen LogP contribution < -0.4 is 10.6 Å². The van der Waals surface area contributed by atoms with E-state index >= 15 is 0 Å². The normalized spacial score (nSPS) is 21.6. The highest BCUT2D eigenvalue weighted by atomic mass is 19.4. The van der Waals surface area contributed by atoms with Gasteiger partial charge in [-0.1, -0.05) is 6.07 Å². The zero-order valence-corrected chi connectivity index (χ0v) is 17.7. The number of alkyl halides is 3. The summed E-state index contributed by atoms with van der Waals surface area (Å²) < 4.78 is 42.3. The molecular formula is C22H25F3N6O. The molecule has 2 fully saturated rings. The van der Waals surface area contributed by atoms with E-state index in [0.717, 1.165) is 50.4 Å². The first-order chi connectivity index (χ1) is 15.3. The molecule has 3 aromatic rings. The maximum atomic E-state index is 13.0. The van der Waals surface area contributed by atoms with E-state index in [9.17, 15) is 18.0 Å². The molecule has 1 amide bonds. The molecule has 2 aliphatic rings. The number of hydrogen-bond acceptors (Lipinski definition) is 4. The summed E-state index contributed by atoms with van der Waals surface area (Å²) in [6.07, 6.45) is 3.62. The van der Waals surface area contributed by atoms with Crippen molar-refractivity contribution in [3.63, 3.8) is 0 Å². The molecule has 32 heavy (non-hydrogen) atoms. The molecule has 10 heteroatoms. The van der Waals surface area contributed by atoms with Gasteiger partial charge in [0.15, 0.2) is 5.69 Å². The van der Waals surface area contributed by atoms with Crippen molar-refractivity contribution in [1.29, 1.82) is 0 Å². The number of fused-ring (bicyclic) bond motifs is 1. The number of nitrogens with zero attached hydrogens (tertiary/aromatic N) is 4. The number of anilines is 1. The van der Waals surface area contributed by atoms with Crippen LogP contribution in [0.2, 0.25) is 0 Å². The van der Waals surface area contributed by atoms with Gasteiger partial charge in [0.1, 0.15) is 11.5 Å². The summed E-state index contributed by atoms with van der Waals surface area (Å²) in [6.45, 7) is 0. The number of aromatic nitrogens is 4. The van der Waals surface area contributed by atoms with E-state index in [0.29, 0.717) is 17.3 Å². The van der Waals surface area contributed by atoms with Crippen LogP contribution in [0.4, 0.5) is 19.0 Å². The molecule has 0 radical (unpaired) electrons. The van der Waals surface area contributed by atoms with E-state index < -0.39 is 11.9 Å². The number of halogens is 3. The van der Waals surface area contributed by atoms with Gasteiger partial charge in [-0.15, -0.1) is 0 Å². The fourth-order valence-corrected chi connectivity index (χ4v) is 4.58. The van der Waals surface area contributed by atoms with Gasteiger partial charge in [-0.25, -0.2) is 4.98 Å². The lowest BCUT2D eigenvalue weighted by molar-refractivity contribution is -0.140. The van der Waals surface area contributed by atoms with E-state index in [2.05, 4.69) is 20.7 Å². The number of carbonyl (C=O) groups is 1. The van der Waals surface area contributed by atoms with Crippen molar-refractivity contribution in [2.24, 2.45) is 7.05 Å². The van der Waals surface area contributed by atoms with Crippen LogP contribution in [0, 0.1) is 0 Å². The maximum Gasteiger partial charge on any atom is 0.434 e. The standard InChI is InChI=1S/C22H25F3N6O/c1-30-20(13-5-6-13)16(11-26-30)21(32)28-15-9-7-14(8-10-15)27-18-3-2-4-19-29-17(12-31(18)19)22(23,24)25/h2-4,11-15,27H,5-10H2,1H3,(H,28,32). The van der Waals surface area contributed by atoms with Gasteiger partial charge in [-0.2, -0.15) is 18.3 Å². The van der Waals surface area contributed by atoms with E-state index in [1.54, 1.807) is 29.1 Å². The lowest BCUT2D eigenvalue weighted by Crippen LogP contribution is -2.40. The number of imidazole rings is 1. The Labute approximate surface area is 183 Å². The second-order valence-electron chi connectivity index (χ2n) is 8.77. The zero-order chi connectivity index (χ0) is 22.5. The third kappa shape index (κ3) is 4.05. The number of nitrogens with one attached hydrogen (secondary N) is 2. The zero-order valence-electron chi connectivity index (χ0n) is 17.7. The first-order valence-electron chi connectivity index (χ1n) is 10.9. The Morgan fingerprint density at radius 3 is 2.50 bits per heavy atom. The Kier molecular flexibility index (Phi) is 5.10. The topological polar surface area (TPSA) is 76.2 Å². The summed E-state index contributed by atoms with van der Waals surface area (Å²) in [7, 11) is 1.87. The van der Waals surface area contributed by atoms with E-state index in [1.807, 2.05) is 7.05 Å². The molecule has 2 aliphatic carbocycles. The van der Waals surface area contributed by atoms with E-state index in [4.69, 9.17) is 0 Å². The van der Waals surface area contributed by atoms with E-state index in [-0.39, 0.29) is 23.6 Å². The van der Waals surface area contributed by atoms with Gasteiger partial charge in [-0.05, 0) is 50.7 Å². The SMILES string of the molecule is Cn1ncc(C(=O)NC2CCC(Nc3cccc4nc(C(F)(F)F)cn34)CC2)c1C1CC1. The van der Waals surface area contributed by atoms with Crippen LogP contribution in [0.25, 0.3) is 5.65 Å². The molecule has 2 saturated carbocycles. The molecule has 0 unspecified atom stereocenters. The molecule has 3 aromatic heterocycles. The highest BCUT2D eigenvalue weighted by molar-refractivity contribution is 5.95. The molecule has 0 aromatic carbocycles. The minimum absolute atomic E-state index is 0.0701. The first kappa shape index (κ1) is 20.8. The third-order valence-electron chi connectivity index (χ3n) is 6.39. The molecule has 170 valence electrons. The van der Waals surface area contributed by atoms with Gasteiger partial charge in [0.25, 0.3) is 5.91 Å². The second-order valence-corrected chi connectivity index (χ2v) is 8.77. The summed E-state index contributed by atoms with van der Waals surface area (Å²) in [5.74, 6) is 0.952. The summed E-state index contributed by atoms with van der Waals surface area (Å²) in [5.41, 5.74) is 1.04. The Bertz CT molecular complexity index is 1140. The quantitative estimate of drug-likeness (QED) is 0.618. The average molecular weight is 446 g/mol. The molecule has 2 N–H and O–H groups in total. The fourth-order valence-electron chi connectivity index (χ4n) is 4.58. The van der Waals surface area contributed by atoms with Gasteiger partial charge in [-0.3, -0.25) is 13.9 Å². The predicted octanol–water partition coefficient (Wildman–Crippen LogP) is 4.12. The highest BCUT2D eigenvalue weighted by Gasteiger charge is 2.35. The predicted molar refractivity (Wildman–Crippen MR) is 113 cm³/mol. The van der Waals surface area contributed by atoms with Gasteiger partial charge < -0.3 is 10.6 Å². The minimum Gasteiger partial charge on any atom is -0.368 e. The highest BCUT2D eigenvalue weighted by Crippen LogP contribution is 2.41. The lowest BCUT2D eigenvalue weighted by Gasteiger charge is -2.30. The Balaban J connectivity index is 1.20. The summed E-state index contributed by atoms with van der Waals surface area (Å²) in [4.78, 5) is 16.5. The van der Waals surface area contributed by atoms with Gasteiger partial charge in [0, 0.05) is 31.2 Å². The monoisotopic (exact) mass is 446 g/mol. The van der Waals surface area contributed by atoms with Crippen LogP contribution in [-0.2, 0) is 13.2 Å². The van der Waals surface area contributed by atoms with Crippen molar-refractivity contribution in [2.45, 2.75) is 62.7 Å². The minimum atomic E-state index is -4.48. The summed E-state index contributed by atoms with van der Waals surface area (Å²) in [5, 5.41) is 10.8. The van der Waals surface area contributed by atoms with Crippen molar-refractivity contribution < 1.29 is 18.0 Å². The largest absolute Gasteiger partial charge is 0.434 e. The Hall–Kier alpha value is -3.04. The van der Waals surface area contributed by atoms with Crippen molar-refractivity contribution >= 4 is 17.4 Å². The average Bonchev–Trinajstić information content (AvgIpc) is 3.34. The Morgan fingerprint density at radius 2 is 1.81 bits per heavy atom.